The second-order valence-corrected chi connectivity index (χ2v) is 8.03. The molecule has 0 unspecified atom stereocenters. The van der Waals surface area contributed by atoms with Crippen molar-refractivity contribution in [3.63, 3.8) is 0 Å². The molecule has 11 nitrogen and oxygen atoms in total. The summed E-state index contributed by atoms with van der Waals surface area (Å²) in [7, 11) is 4.98. The smallest absolute Gasteiger partial charge is 0.281 e. The Morgan fingerprint density at radius 1 is 1.03 bits per heavy atom. The Balaban J connectivity index is 1.49. The maximum atomic E-state index is 12.9. The average molecular weight is 507 g/mol. The molecular formula is C26H30N6O5. The molecule has 1 aromatic carbocycles. The number of fused-ring (bicyclic) bond motifs is 1. The van der Waals surface area contributed by atoms with Crippen LogP contribution < -0.4 is 29.6 Å². The molecule has 0 fully saturated rings. The van der Waals surface area contributed by atoms with Crippen LogP contribution in [0.15, 0.2) is 48.9 Å². The van der Waals surface area contributed by atoms with Gasteiger partial charge in [0.15, 0.2) is 22.9 Å². The zero-order valence-corrected chi connectivity index (χ0v) is 21.3. The maximum absolute atomic E-state index is 12.9. The minimum absolute atomic E-state index is 0.208. The Kier molecular flexibility index (Phi) is 8.37. The Hall–Kier alpha value is -4.38. The normalized spacial score (nSPS) is 10.8. The van der Waals surface area contributed by atoms with E-state index in [0.29, 0.717) is 59.8 Å². The maximum Gasteiger partial charge on any atom is 0.281 e. The average Bonchev–Trinajstić information content (AvgIpc) is 3.32. The van der Waals surface area contributed by atoms with Crippen LogP contribution in [0.25, 0.3) is 10.9 Å². The molecule has 194 valence electrons. The van der Waals surface area contributed by atoms with Crippen LogP contribution in [0.3, 0.4) is 0 Å². The Labute approximate surface area is 214 Å². The van der Waals surface area contributed by atoms with Crippen molar-refractivity contribution in [3.8, 4) is 28.7 Å². The highest BCUT2D eigenvalue weighted by Crippen LogP contribution is 2.36. The molecule has 2 N–H and O–H groups in total. The Morgan fingerprint density at radius 3 is 2.54 bits per heavy atom. The van der Waals surface area contributed by atoms with Gasteiger partial charge in [-0.3, -0.25) is 14.5 Å². The van der Waals surface area contributed by atoms with Gasteiger partial charge in [0, 0.05) is 30.7 Å². The summed E-state index contributed by atoms with van der Waals surface area (Å²) in [6, 6.07) is 8.73. The third-order valence-electron chi connectivity index (χ3n) is 5.42. The first-order valence-corrected chi connectivity index (χ1v) is 11.9. The molecule has 4 rings (SSSR count). The van der Waals surface area contributed by atoms with Crippen molar-refractivity contribution in [2.75, 3.05) is 39.7 Å². The van der Waals surface area contributed by atoms with Crippen LogP contribution in [0.4, 0.5) is 5.82 Å². The lowest BCUT2D eigenvalue weighted by molar-refractivity contribution is 0.101. The number of nitrogens with zero attached hydrogens (tertiary/aromatic N) is 4. The predicted octanol–water partition coefficient (Wildman–Crippen LogP) is 3.90. The molecule has 0 aliphatic rings. The topological polar surface area (TPSA) is 122 Å². The number of benzene rings is 1. The molecule has 37 heavy (non-hydrogen) atoms. The molecule has 11 heteroatoms. The number of amides is 1. The van der Waals surface area contributed by atoms with E-state index in [9.17, 15) is 4.79 Å². The van der Waals surface area contributed by atoms with Crippen LogP contribution in [0.2, 0.25) is 0 Å². The summed E-state index contributed by atoms with van der Waals surface area (Å²) in [5.74, 6) is 2.60. The first-order chi connectivity index (χ1) is 18.1. The highest BCUT2D eigenvalue weighted by atomic mass is 16.5. The lowest BCUT2D eigenvalue weighted by atomic mass is 10.2. The van der Waals surface area contributed by atoms with Gasteiger partial charge in [-0.1, -0.05) is 6.92 Å². The number of anilines is 1. The monoisotopic (exact) mass is 506 g/mol. The summed E-state index contributed by atoms with van der Waals surface area (Å²) in [5, 5.41) is 10.9. The lowest BCUT2D eigenvalue weighted by Crippen LogP contribution is -2.18. The molecular weight excluding hydrogens is 476 g/mol. The number of carbonyl (C=O) groups excluding carboxylic acids is 1. The van der Waals surface area contributed by atoms with Crippen molar-refractivity contribution >= 4 is 22.6 Å². The number of rotatable bonds is 12. The predicted molar refractivity (Wildman–Crippen MR) is 139 cm³/mol. The summed E-state index contributed by atoms with van der Waals surface area (Å²) in [4.78, 5) is 21.7. The number of carbonyl (C=O) groups is 1. The second kappa shape index (κ2) is 12.0. The molecule has 0 spiro atoms. The number of methoxy groups -OCH3 is 2. The number of aromatic nitrogens is 4. The highest BCUT2D eigenvalue weighted by molar-refractivity contribution is 6.04. The van der Waals surface area contributed by atoms with Gasteiger partial charge in [0.1, 0.15) is 23.9 Å². The third kappa shape index (κ3) is 6.07. The molecule has 0 bridgehead atoms. The summed E-state index contributed by atoms with van der Waals surface area (Å²) in [6.07, 6.45) is 5.80. The summed E-state index contributed by atoms with van der Waals surface area (Å²) >= 11 is 0. The molecule has 0 atom stereocenters. The van der Waals surface area contributed by atoms with E-state index in [1.54, 1.807) is 55.6 Å². The molecule has 3 heterocycles. The van der Waals surface area contributed by atoms with E-state index in [-0.39, 0.29) is 5.69 Å². The fraction of sp³-hybridized carbons (Fsp3) is 0.308. The van der Waals surface area contributed by atoms with Crippen LogP contribution in [0.5, 0.6) is 28.7 Å². The third-order valence-corrected chi connectivity index (χ3v) is 5.42. The van der Waals surface area contributed by atoms with E-state index in [2.05, 4.69) is 25.7 Å². The zero-order chi connectivity index (χ0) is 26.2. The van der Waals surface area contributed by atoms with Gasteiger partial charge in [0.05, 0.1) is 32.1 Å². The number of likely N-dealkylation sites (N-methyl/N-ethyl adjacent to an activating group) is 1. The van der Waals surface area contributed by atoms with Gasteiger partial charge in [-0.2, -0.15) is 5.10 Å². The molecule has 0 saturated carbocycles. The van der Waals surface area contributed by atoms with Crippen LogP contribution in [-0.2, 0) is 6.54 Å². The number of hydrogen-bond acceptors (Lipinski definition) is 9. The molecule has 1 amide bonds. The highest BCUT2D eigenvalue weighted by Gasteiger charge is 2.19. The van der Waals surface area contributed by atoms with Crippen molar-refractivity contribution < 1.29 is 23.7 Å². The largest absolute Gasteiger partial charge is 0.493 e. The molecule has 0 radical (unpaired) electrons. The van der Waals surface area contributed by atoms with Crippen LogP contribution in [0, 0.1) is 0 Å². The van der Waals surface area contributed by atoms with Crippen LogP contribution in [0.1, 0.15) is 23.8 Å². The molecule has 3 aromatic heterocycles. The van der Waals surface area contributed by atoms with E-state index < -0.39 is 5.91 Å². The van der Waals surface area contributed by atoms with Gasteiger partial charge in [0.2, 0.25) is 0 Å². The standard InChI is InChI=1S/C26H30N6O5/c1-5-11-32-16-23(36-12-10-27-2)25(31-32)26(33)30-24-7-6-17(15-29-24)37-20-8-9-28-19-14-22(35-4)21(34-3)13-18(19)20/h6-9,13-16,27H,5,10-12H2,1-4H3,(H,29,30,33). The second-order valence-electron chi connectivity index (χ2n) is 8.03. The molecule has 4 aromatic rings. The summed E-state index contributed by atoms with van der Waals surface area (Å²) in [5.41, 5.74) is 0.904. The zero-order valence-electron chi connectivity index (χ0n) is 21.3. The van der Waals surface area contributed by atoms with Gasteiger partial charge < -0.3 is 29.6 Å². The van der Waals surface area contributed by atoms with Crippen LogP contribution >= 0.6 is 0 Å². The minimum atomic E-state index is -0.406. The number of pyridine rings is 2. The van der Waals surface area contributed by atoms with Crippen molar-refractivity contribution in [3.05, 3.63) is 54.6 Å². The van der Waals surface area contributed by atoms with E-state index in [1.807, 2.05) is 20.0 Å². The number of hydrogen-bond donors (Lipinski definition) is 2. The van der Waals surface area contributed by atoms with Crippen molar-refractivity contribution in [2.45, 2.75) is 19.9 Å². The van der Waals surface area contributed by atoms with Gasteiger partial charge >= 0.3 is 0 Å². The first-order valence-electron chi connectivity index (χ1n) is 11.9. The van der Waals surface area contributed by atoms with E-state index in [1.165, 1.54) is 6.20 Å². The van der Waals surface area contributed by atoms with Crippen molar-refractivity contribution in [2.24, 2.45) is 0 Å². The number of aryl methyl sites for hydroxylation is 1. The first kappa shape index (κ1) is 25.7. The quantitative estimate of drug-likeness (QED) is 0.276. The van der Waals surface area contributed by atoms with E-state index in [4.69, 9.17) is 18.9 Å². The number of ether oxygens (including phenoxy) is 4. The fourth-order valence-corrected chi connectivity index (χ4v) is 3.63. The van der Waals surface area contributed by atoms with Gasteiger partial charge in [-0.05, 0) is 37.7 Å². The summed E-state index contributed by atoms with van der Waals surface area (Å²) < 4.78 is 24.3. The Morgan fingerprint density at radius 2 is 1.84 bits per heavy atom. The molecule has 0 aliphatic carbocycles. The SMILES string of the molecule is CCCn1cc(OCCNC)c(C(=O)Nc2ccc(Oc3ccnc4cc(OC)c(OC)cc34)cn2)n1. The van der Waals surface area contributed by atoms with Gasteiger partial charge in [-0.25, -0.2) is 4.98 Å². The number of nitrogens with one attached hydrogen (secondary N) is 2. The lowest BCUT2D eigenvalue weighted by Gasteiger charge is -2.12. The van der Waals surface area contributed by atoms with Crippen molar-refractivity contribution in [1.29, 1.82) is 0 Å². The minimum Gasteiger partial charge on any atom is -0.493 e. The van der Waals surface area contributed by atoms with Crippen LogP contribution in [-0.4, -0.2) is 60.1 Å². The van der Waals surface area contributed by atoms with Crippen molar-refractivity contribution in [1.82, 2.24) is 25.1 Å². The Bertz CT molecular complexity index is 1360. The molecule has 0 aliphatic heterocycles. The summed E-state index contributed by atoms with van der Waals surface area (Å²) in [6.45, 7) is 3.79. The van der Waals surface area contributed by atoms with E-state index in [0.717, 1.165) is 11.8 Å². The van der Waals surface area contributed by atoms with Gasteiger partial charge in [0.25, 0.3) is 5.91 Å². The fourth-order valence-electron chi connectivity index (χ4n) is 3.63. The molecule has 0 saturated heterocycles. The van der Waals surface area contributed by atoms with E-state index >= 15 is 0 Å². The van der Waals surface area contributed by atoms with Gasteiger partial charge in [-0.15, -0.1) is 0 Å².